The molecule has 0 bridgehead atoms. The Labute approximate surface area is 154 Å². The average molecular weight is 357 g/mol. The Morgan fingerprint density at radius 3 is 2.54 bits per heavy atom. The molecule has 140 valence electrons. The van der Waals surface area contributed by atoms with Gasteiger partial charge in [-0.1, -0.05) is 11.6 Å². The van der Waals surface area contributed by atoms with Gasteiger partial charge in [0.2, 0.25) is 5.91 Å². The molecule has 3 rings (SSSR count). The molecule has 0 radical (unpaired) electrons. The van der Waals surface area contributed by atoms with Gasteiger partial charge >= 0.3 is 0 Å². The van der Waals surface area contributed by atoms with E-state index in [1.165, 1.54) is 24.6 Å². The fourth-order valence-electron chi connectivity index (χ4n) is 3.41. The van der Waals surface area contributed by atoms with Crippen molar-refractivity contribution in [3.63, 3.8) is 0 Å². The molecule has 1 aromatic heterocycles. The van der Waals surface area contributed by atoms with Crippen LogP contribution in [0.25, 0.3) is 0 Å². The van der Waals surface area contributed by atoms with Crippen LogP contribution >= 0.6 is 0 Å². The molecule has 7 nitrogen and oxygen atoms in total. The maximum Gasteiger partial charge on any atom is 0.271 e. The molecule has 0 unspecified atom stereocenters. The molecule has 7 heteroatoms. The van der Waals surface area contributed by atoms with Gasteiger partial charge in [-0.3, -0.25) is 9.59 Å². The zero-order chi connectivity index (χ0) is 18.4. The quantitative estimate of drug-likeness (QED) is 0.813. The number of carbonyl (C=O) groups excluding carboxylic acids is 2. The van der Waals surface area contributed by atoms with Crippen LogP contribution in [-0.4, -0.2) is 59.4 Å². The van der Waals surface area contributed by atoms with Gasteiger partial charge < -0.3 is 15.1 Å². The Morgan fingerprint density at radius 1 is 1.12 bits per heavy atom. The van der Waals surface area contributed by atoms with E-state index in [0.29, 0.717) is 25.3 Å². The molecule has 1 saturated heterocycles. The highest BCUT2D eigenvalue weighted by atomic mass is 16.2. The third-order valence-corrected chi connectivity index (χ3v) is 5.04. The standard InChI is InChI=1S/C19H27N5O2/c1-15(25)23-9-11-24(12-10-23)18-14-21-17(13-22-18)19(26)20-8-7-16-5-3-2-4-6-16/h5,13-14H,2-4,6-12H2,1H3,(H,20,26). The number of nitrogens with one attached hydrogen (secondary N) is 1. The first-order valence-corrected chi connectivity index (χ1v) is 9.42. The van der Waals surface area contributed by atoms with Crippen LogP contribution < -0.4 is 10.2 Å². The Morgan fingerprint density at radius 2 is 1.92 bits per heavy atom. The summed E-state index contributed by atoms with van der Waals surface area (Å²) in [6.07, 6.45) is 11.2. The van der Waals surface area contributed by atoms with Crippen LogP contribution in [0, 0.1) is 0 Å². The molecular weight excluding hydrogens is 330 g/mol. The van der Waals surface area contributed by atoms with Crippen LogP contribution in [-0.2, 0) is 4.79 Å². The zero-order valence-electron chi connectivity index (χ0n) is 15.4. The summed E-state index contributed by atoms with van der Waals surface area (Å²) in [5.74, 6) is 0.672. The molecule has 26 heavy (non-hydrogen) atoms. The van der Waals surface area contributed by atoms with Gasteiger partial charge in [0.05, 0.1) is 12.4 Å². The third kappa shape index (κ3) is 4.80. The van der Waals surface area contributed by atoms with Gasteiger partial charge in [-0.25, -0.2) is 9.97 Å². The van der Waals surface area contributed by atoms with E-state index in [1.54, 1.807) is 13.1 Å². The molecule has 0 aromatic carbocycles. The second-order valence-corrected chi connectivity index (χ2v) is 6.87. The number of allylic oxidation sites excluding steroid dienone is 1. The Kier molecular flexibility index (Phi) is 6.20. The molecular formula is C19H27N5O2. The van der Waals surface area contributed by atoms with Crippen LogP contribution in [0.2, 0.25) is 0 Å². The highest BCUT2D eigenvalue weighted by Gasteiger charge is 2.20. The largest absolute Gasteiger partial charge is 0.352 e. The number of aromatic nitrogens is 2. The minimum absolute atomic E-state index is 0.103. The molecule has 0 saturated carbocycles. The van der Waals surface area contributed by atoms with Gasteiger partial charge in [-0.2, -0.15) is 0 Å². The smallest absolute Gasteiger partial charge is 0.271 e. The predicted molar refractivity (Wildman–Crippen MR) is 100 cm³/mol. The summed E-state index contributed by atoms with van der Waals surface area (Å²) in [5, 5.41) is 2.92. The van der Waals surface area contributed by atoms with Gasteiger partial charge in [-0.15, -0.1) is 0 Å². The lowest BCUT2D eigenvalue weighted by Crippen LogP contribution is -2.48. The first kappa shape index (κ1) is 18.4. The molecule has 0 spiro atoms. The summed E-state index contributed by atoms with van der Waals surface area (Å²) in [4.78, 5) is 36.1. The maximum atomic E-state index is 12.2. The first-order valence-electron chi connectivity index (χ1n) is 9.42. The molecule has 2 heterocycles. The molecule has 1 fully saturated rings. The lowest BCUT2D eigenvalue weighted by Gasteiger charge is -2.34. The summed E-state index contributed by atoms with van der Waals surface area (Å²) in [5.41, 5.74) is 1.79. The van der Waals surface area contributed by atoms with Gasteiger partial charge in [-0.05, 0) is 32.1 Å². The number of hydrogen-bond acceptors (Lipinski definition) is 5. The van der Waals surface area contributed by atoms with E-state index < -0.39 is 0 Å². The van der Waals surface area contributed by atoms with Gasteiger partial charge in [0, 0.05) is 39.6 Å². The maximum absolute atomic E-state index is 12.2. The second-order valence-electron chi connectivity index (χ2n) is 6.87. The lowest BCUT2D eigenvalue weighted by atomic mass is 9.97. The predicted octanol–water partition coefficient (Wildman–Crippen LogP) is 1.77. The zero-order valence-corrected chi connectivity index (χ0v) is 15.4. The second kappa shape index (κ2) is 8.78. The molecule has 1 aromatic rings. The number of nitrogens with zero attached hydrogens (tertiary/aromatic N) is 4. The van der Waals surface area contributed by atoms with E-state index in [2.05, 4.69) is 26.3 Å². The topological polar surface area (TPSA) is 78.4 Å². The summed E-state index contributed by atoms with van der Waals surface area (Å²) in [7, 11) is 0. The summed E-state index contributed by atoms with van der Waals surface area (Å²) >= 11 is 0. The minimum Gasteiger partial charge on any atom is -0.352 e. The number of anilines is 1. The number of hydrogen-bond donors (Lipinski definition) is 1. The van der Waals surface area contributed by atoms with Crippen LogP contribution in [0.5, 0.6) is 0 Å². The van der Waals surface area contributed by atoms with Crippen molar-refractivity contribution in [2.75, 3.05) is 37.6 Å². The molecule has 1 aliphatic heterocycles. The van der Waals surface area contributed by atoms with E-state index in [0.717, 1.165) is 38.2 Å². The lowest BCUT2D eigenvalue weighted by molar-refractivity contribution is -0.129. The molecule has 1 aliphatic carbocycles. The van der Waals surface area contributed by atoms with Crippen LogP contribution in [0.15, 0.2) is 24.0 Å². The Balaban J connectivity index is 1.47. The monoisotopic (exact) mass is 357 g/mol. The minimum atomic E-state index is -0.179. The van der Waals surface area contributed by atoms with Crippen molar-refractivity contribution in [2.24, 2.45) is 0 Å². The Bertz CT molecular complexity index is 663. The van der Waals surface area contributed by atoms with E-state index >= 15 is 0 Å². The van der Waals surface area contributed by atoms with Crippen LogP contribution in [0.3, 0.4) is 0 Å². The van der Waals surface area contributed by atoms with Gasteiger partial charge in [0.15, 0.2) is 0 Å². The highest BCUT2D eigenvalue weighted by Crippen LogP contribution is 2.19. The van der Waals surface area contributed by atoms with Crippen LogP contribution in [0.1, 0.15) is 49.5 Å². The van der Waals surface area contributed by atoms with Crippen molar-refractivity contribution in [1.29, 1.82) is 0 Å². The molecule has 2 amide bonds. The fourth-order valence-corrected chi connectivity index (χ4v) is 3.41. The number of rotatable bonds is 5. The van der Waals surface area contributed by atoms with E-state index in [4.69, 9.17) is 0 Å². The first-order chi connectivity index (χ1) is 12.6. The number of piperazine rings is 1. The van der Waals surface area contributed by atoms with Crippen molar-refractivity contribution < 1.29 is 9.59 Å². The van der Waals surface area contributed by atoms with Crippen molar-refractivity contribution >= 4 is 17.6 Å². The number of amides is 2. The van der Waals surface area contributed by atoms with E-state index in [1.807, 2.05) is 4.90 Å². The van der Waals surface area contributed by atoms with Gasteiger partial charge in [0.25, 0.3) is 5.91 Å². The summed E-state index contributed by atoms with van der Waals surface area (Å²) < 4.78 is 0. The van der Waals surface area contributed by atoms with E-state index in [-0.39, 0.29) is 11.8 Å². The highest BCUT2D eigenvalue weighted by molar-refractivity contribution is 5.92. The summed E-state index contributed by atoms with van der Waals surface area (Å²) in [6.45, 7) is 5.07. The molecule has 1 N–H and O–H groups in total. The average Bonchev–Trinajstić information content (AvgIpc) is 2.69. The van der Waals surface area contributed by atoms with E-state index in [9.17, 15) is 9.59 Å². The van der Waals surface area contributed by atoms with Crippen molar-refractivity contribution in [3.8, 4) is 0 Å². The van der Waals surface area contributed by atoms with Crippen molar-refractivity contribution in [1.82, 2.24) is 20.2 Å². The van der Waals surface area contributed by atoms with Crippen LogP contribution in [0.4, 0.5) is 5.82 Å². The third-order valence-electron chi connectivity index (χ3n) is 5.04. The summed E-state index contributed by atoms with van der Waals surface area (Å²) in [6, 6.07) is 0. The molecule has 0 atom stereocenters. The number of carbonyl (C=O) groups is 2. The van der Waals surface area contributed by atoms with Gasteiger partial charge in [0.1, 0.15) is 11.5 Å². The normalized spacial score (nSPS) is 17.7. The molecule has 2 aliphatic rings. The SMILES string of the molecule is CC(=O)N1CCN(c2cnc(C(=O)NCCC3=CCCCC3)cn2)CC1. The van der Waals surface area contributed by atoms with Crippen molar-refractivity contribution in [3.05, 3.63) is 29.7 Å². The fraction of sp³-hybridized carbons (Fsp3) is 0.579. The van der Waals surface area contributed by atoms with Crippen molar-refractivity contribution in [2.45, 2.75) is 39.0 Å². The Hall–Kier alpha value is -2.44.